The first-order valence-corrected chi connectivity index (χ1v) is 12.8. The van der Waals surface area contributed by atoms with Crippen LogP contribution in [-0.4, -0.2) is 24.3 Å². The Bertz CT molecular complexity index is 1520. The number of thiazole rings is 1. The number of nitrogens with one attached hydrogen (secondary N) is 1. The highest BCUT2D eigenvalue weighted by atomic mass is 32.2. The summed E-state index contributed by atoms with van der Waals surface area (Å²) in [6, 6.07) is 15.5. The Hall–Kier alpha value is -3.33. The maximum absolute atomic E-state index is 13.0. The number of pyridine rings is 1. The number of thioether (sulfide) groups is 1. The Morgan fingerprint density at radius 3 is 2.50 bits per heavy atom. The minimum absolute atomic E-state index is 0.0385. The van der Waals surface area contributed by atoms with E-state index in [0.29, 0.717) is 20.1 Å². The van der Waals surface area contributed by atoms with Crippen LogP contribution >= 0.6 is 23.1 Å². The topological polar surface area (TPSA) is 131 Å². The normalized spacial score (nSPS) is 11.4. The lowest BCUT2D eigenvalue weighted by atomic mass is 10.2. The molecule has 0 aliphatic rings. The van der Waals surface area contributed by atoms with Crippen molar-refractivity contribution in [3.8, 4) is 16.6 Å². The summed E-state index contributed by atoms with van der Waals surface area (Å²) in [5.74, 6) is -0.145. The van der Waals surface area contributed by atoms with E-state index in [9.17, 15) is 18.5 Å². The molecule has 0 saturated carbocycles. The fourth-order valence-corrected chi connectivity index (χ4v) is 6.00. The van der Waals surface area contributed by atoms with Crippen LogP contribution in [0.4, 0.5) is 5.82 Å². The predicted molar refractivity (Wildman–Crippen MR) is 128 cm³/mol. The Morgan fingerprint density at radius 2 is 1.88 bits per heavy atom. The van der Waals surface area contributed by atoms with Gasteiger partial charge >= 0.3 is 0 Å². The molecule has 2 aromatic carbocycles. The quantitative estimate of drug-likeness (QED) is 0.415. The van der Waals surface area contributed by atoms with Crippen molar-refractivity contribution in [3.05, 3.63) is 70.0 Å². The van der Waals surface area contributed by atoms with Gasteiger partial charge in [0.15, 0.2) is 0 Å². The molecule has 0 radical (unpaired) electrons. The number of nitrogen functional groups attached to an aromatic ring is 1. The molecule has 2 heterocycles. The first-order valence-electron chi connectivity index (χ1n) is 9.25. The molecular formula is C21H17N5O3S3. The van der Waals surface area contributed by atoms with Crippen molar-refractivity contribution in [2.45, 2.75) is 16.7 Å². The first-order chi connectivity index (χ1) is 15.3. The molecule has 8 nitrogen and oxygen atoms in total. The number of fused-ring (bicyclic) bond motifs is 1. The van der Waals surface area contributed by atoms with Crippen LogP contribution in [0.2, 0.25) is 0 Å². The molecule has 0 amide bonds. The number of nitriles is 1. The van der Waals surface area contributed by atoms with Gasteiger partial charge in [0, 0.05) is 4.90 Å². The molecule has 4 aromatic rings. The van der Waals surface area contributed by atoms with Crippen molar-refractivity contribution in [1.82, 2.24) is 9.66 Å². The smallest absolute Gasteiger partial charge is 0.290 e. The van der Waals surface area contributed by atoms with Gasteiger partial charge in [-0.3, -0.25) is 4.79 Å². The molecule has 0 bridgehead atoms. The molecule has 0 unspecified atom stereocenters. The summed E-state index contributed by atoms with van der Waals surface area (Å²) >= 11 is 2.52. The zero-order chi connectivity index (χ0) is 23.0. The second-order valence-corrected chi connectivity index (χ2v) is 10.3. The van der Waals surface area contributed by atoms with E-state index < -0.39 is 15.6 Å². The molecule has 11 heteroatoms. The van der Waals surface area contributed by atoms with E-state index in [1.165, 1.54) is 35.2 Å². The number of rotatable bonds is 5. The molecular weight excluding hydrogens is 466 g/mol. The molecule has 0 fully saturated rings. The number of hydrogen-bond donors (Lipinski definition) is 2. The molecule has 0 aliphatic carbocycles. The predicted octanol–water partition coefficient (Wildman–Crippen LogP) is 3.54. The van der Waals surface area contributed by atoms with Crippen molar-refractivity contribution < 1.29 is 8.42 Å². The van der Waals surface area contributed by atoms with E-state index in [1.807, 2.05) is 37.3 Å². The average molecular weight is 484 g/mol. The molecule has 0 aliphatic heterocycles. The summed E-state index contributed by atoms with van der Waals surface area (Å²) in [4.78, 5) is 20.1. The molecule has 0 spiro atoms. The van der Waals surface area contributed by atoms with Crippen LogP contribution in [0.5, 0.6) is 0 Å². The van der Waals surface area contributed by atoms with E-state index in [4.69, 9.17) is 5.73 Å². The number of aromatic nitrogens is 2. The third-order valence-electron chi connectivity index (χ3n) is 4.73. The summed E-state index contributed by atoms with van der Waals surface area (Å²) in [5.41, 5.74) is 7.21. The van der Waals surface area contributed by atoms with Gasteiger partial charge in [-0.05, 0) is 37.4 Å². The van der Waals surface area contributed by atoms with Crippen molar-refractivity contribution in [3.63, 3.8) is 0 Å². The van der Waals surface area contributed by atoms with Gasteiger partial charge in [0.05, 0.1) is 20.7 Å². The third-order valence-corrected chi connectivity index (χ3v) is 7.92. The third kappa shape index (κ3) is 3.73. The molecule has 162 valence electrons. The van der Waals surface area contributed by atoms with Crippen LogP contribution in [0.1, 0.15) is 11.1 Å². The molecule has 3 N–H and O–H groups in total. The molecule has 32 heavy (non-hydrogen) atoms. The zero-order valence-electron chi connectivity index (χ0n) is 17.0. The number of aryl methyl sites for hydroxylation is 1. The summed E-state index contributed by atoms with van der Waals surface area (Å²) in [6.07, 6.45) is 1.71. The highest BCUT2D eigenvalue weighted by Gasteiger charge is 2.26. The second-order valence-electron chi connectivity index (χ2n) is 6.82. The van der Waals surface area contributed by atoms with Gasteiger partial charge in [-0.15, -0.1) is 23.1 Å². The summed E-state index contributed by atoms with van der Waals surface area (Å²) in [7, 11) is -4.14. The van der Waals surface area contributed by atoms with Gasteiger partial charge in [-0.2, -0.15) is 18.4 Å². The number of benzene rings is 2. The maximum atomic E-state index is 13.0. The number of nitrogens with two attached hydrogens (primary N) is 1. The molecule has 0 saturated heterocycles. The Kier molecular flexibility index (Phi) is 5.68. The fraction of sp³-hybridized carbons (Fsp3) is 0.0952. The monoisotopic (exact) mass is 483 g/mol. The lowest BCUT2D eigenvalue weighted by molar-refractivity contribution is 0.594. The van der Waals surface area contributed by atoms with Gasteiger partial charge in [0.25, 0.3) is 15.6 Å². The summed E-state index contributed by atoms with van der Waals surface area (Å²) < 4.78 is 27.5. The highest BCUT2D eigenvalue weighted by molar-refractivity contribution is 7.98. The number of para-hydroxylation sites is 1. The van der Waals surface area contributed by atoms with Crippen LogP contribution in [0, 0.1) is 18.3 Å². The van der Waals surface area contributed by atoms with Gasteiger partial charge < -0.3 is 5.73 Å². The molecule has 4 rings (SSSR count). The van der Waals surface area contributed by atoms with Crippen LogP contribution in [-0.2, 0) is 10.0 Å². The van der Waals surface area contributed by atoms with Gasteiger partial charge in [-0.25, -0.2) is 9.82 Å². The minimum Gasteiger partial charge on any atom is -0.383 e. The number of anilines is 1. The van der Waals surface area contributed by atoms with Crippen molar-refractivity contribution in [1.29, 1.82) is 5.26 Å². The van der Waals surface area contributed by atoms with E-state index in [0.717, 1.165) is 15.8 Å². The lowest BCUT2D eigenvalue weighted by Crippen LogP contribution is -2.37. The van der Waals surface area contributed by atoms with E-state index in [2.05, 4.69) is 9.82 Å². The van der Waals surface area contributed by atoms with E-state index in [-0.39, 0.29) is 16.3 Å². The minimum atomic E-state index is -4.14. The van der Waals surface area contributed by atoms with Gasteiger partial charge in [-0.1, -0.05) is 29.8 Å². The highest BCUT2D eigenvalue weighted by Crippen LogP contribution is 2.39. The maximum Gasteiger partial charge on any atom is 0.290 e. The number of nitrogens with zero attached hydrogens (tertiary/aromatic N) is 3. The van der Waals surface area contributed by atoms with Crippen molar-refractivity contribution in [2.75, 3.05) is 16.8 Å². The first kappa shape index (κ1) is 21.9. The fourth-order valence-electron chi connectivity index (χ4n) is 3.14. The van der Waals surface area contributed by atoms with Crippen molar-refractivity contribution in [2.24, 2.45) is 0 Å². The van der Waals surface area contributed by atoms with E-state index >= 15 is 0 Å². The van der Waals surface area contributed by atoms with Crippen LogP contribution in [0.3, 0.4) is 0 Å². The lowest BCUT2D eigenvalue weighted by Gasteiger charge is -2.18. The second kappa shape index (κ2) is 8.31. The van der Waals surface area contributed by atoms with Crippen LogP contribution in [0.25, 0.3) is 20.8 Å². The number of sulfonamides is 1. The van der Waals surface area contributed by atoms with Crippen LogP contribution < -0.4 is 16.1 Å². The molecule has 2 aromatic heterocycles. The average Bonchev–Trinajstić information content (AvgIpc) is 3.20. The van der Waals surface area contributed by atoms with E-state index in [1.54, 1.807) is 18.4 Å². The summed E-state index contributed by atoms with van der Waals surface area (Å²) in [5, 5.41) is 10.2. The standard InChI is InChI=1S/C21H17N5O3S3/c1-12-7-9-13(10-8-12)32(28,29)25-26-19(23)17(18(30-2)14(11-22)21(26)27)20-24-15-5-3-4-6-16(15)31-20/h3-10,25H,23H2,1-2H3. The van der Waals surface area contributed by atoms with Crippen LogP contribution in [0.15, 0.2) is 63.1 Å². The Balaban J connectivity index is 1.96. The Morgan fingerprint density at radius 1 is 1.19 bits per heavy atom. The Labute approximate surface area is 192 Å². The summed E-state index contributed by atoms with van der Waals surface area (Å²) in [6.45, 7) is 1.83. The SMILES string of the molecule is CSc1c(-c2nc3ccccc3s2)c(N)n(NS(=O)(=O)c2ccc(C)cc2)c(=O)c1C#N. The van der Waals surface area contributed by atoms with Gasteiger partial charge in [0.1, 0.15) is 22.5 Å². The molecule has 0 atom stereocenters. The van der Waals surface area contributed by atoms with Crippen molar-refractivity contribution >= 4 is 49.2 Å². The largest absolute Gasteiger partial charge is 0.383 e. The number of hydrogen-bond acceptors (Lipinski definition) is 8. The van der Waals surface area contributed by atoms with Gasteiger partial charge in [0.2, 0.25) is 0 Å². The zero-order valence-corrected chi connectivity index (χ0v) is 19.4.